The summed E-state index contributed by atoms with van der Waals surface area (Å²) in [4.78, 5) is 7.10. The Balaban J connectivity index is 1.62. The van der Waals surface area contributed by atoms with Gasteiger partial charge in [-0.2, -0.15) is 0 Å². The number of hydrogen-bond donors (Lipinski definition) is 1. The highest BCUT2D eigenvalue weighted by molar-refractivity contribution is 5.00. The third kappa shape index (κ3) is 2.63. The standard InChI is InChI=1S/C16H28N4/c1-3-7-20-8-6-18-16(20)11-15(17)12-9-13-4-5-14(10-12)19(13)2/h6,8,12-15H,3-5,7,9-11,17H2,1-2H3. The third-order valence-electron chi connectivity index (χ3n) is 5.42. The van der Waals surface area contributed by atoms with Crippen molar-refractivity contribution in [2.24, 2.45) is 11.7 Å². The second kappa shape index (κ2) is 5.86. The highest BCUT2D eigenvalue weighted by Gasteiger charge is 2.40. The molecule has 0 saturated carbocycles. The van der Waals surface area contributed by atoms with E-state index in [4.69, 9.17) is 5.73 Å². The summed E-state index contributed by atoms with van der Waals surface area (Å²) in [5.41, 5.74) is 6.53. The number of fused-ring (bicyclic) bond motifs is 2. The zero-order chi connectivity index (χ0) is 14.1. The number of hydrogen-bond acceptors (Lipinski definition) is 3. The normalized spacial score (nSPS) is 31.6. The number of imidazole rings is 1. The Morgan fingerprint density at radius 1 is 1.35 bits per heavy atom. The fraction of sp³-hybridized carbons (Fsp3) is 0.812. The smallest absolute Gasteiger partial charge is 0.110 e. The molecule has 4 nitrogen and oxygen atoms in total. The molecule has 4 heteroatoms. The molecule has 0 spiro atoms. The zero-order valence-electron chi connectivity index (χ0n) is 12.8. The Hall–Kier alpha value is -0.870. The van der Waals surface area contributed by atoms with E-state index in [1.54, 1.807) is 0 Å². The second-order valence-corrected chi connectivity index (χ2v) is 6.69. The van der Waals surface area contributed by atoms with Crippen LogP contribution in [0.3, 0.4) is 0 Å². The maximum Gasteiger partial charge on any atom is 0.110 e. The van der Waals surface area contributed by atoms with E-state index < -0.39 is 0 Å². The SMILES string of the molecule is CCCn1ccnc1CC(N)C1CC2CCC(C1)N2C. The molecular weight excluding hydrogens is 248 g/mol. The Bertz CT molecular complexity index is 427. The summed E-state index contributed by atoms with van der Waals surface area (Å²) in [5.74, 6) is 1.85. The van der Waals surface area contributed by atoms with Crippen LogP contribution in [0, 0.1) is 5.92 Å². The minimum Gasteiger partial charge on any atom is -0.335 e. The fourth-order valence-electron chi connectivity index (χ4n) is 4.16. The van der Waals surface area contributed by atoms with Gasteiger partial charge in [-0.15, -0.1) is 0 Å². The molecule has 0 aromatic carbocycles. The fourth-order valence-corrected chi connectivity index (χ4v) is 4.16. The van der Waals surface area contributed by atoms with Gasteiger partial charge in [-0.05, 0) is 45.1 Å². The molecule has 1 aromatic heterocycles. The van der Waals surface area contributed by atoms with Crippen LogP contribution in [0.15, 0.2) is 12.4 Å². The Labute approximate surface area is 122 Å². The van der Waals surface area contributed by atoms with E-state index in [0.29, 0.717) is 5.92 Å². The van der Waals surface area contributed by atoms with Crippen molar-refractivity contribution >= 4 is 0 Å². The van der Waals surface area contributed by atoms with Gasteiger partial charge in [-0.3, -0.25) is 0 Å². The van der Waals surface area contributed by atoms with Gasteiger partial charge >= 0.3 is 0 Å². The van der Waals surface area contributed by atoms with Crippen molar-refractivity contribution in [2.75, 3.05) is 7.05 Å². The number of piperidine rings is 1. The molecule has 3 unspecified atom stereocenters. The van der Waals surface area contributed by atoms with Crippen LogP contribution in [-0.2, 0) is 13.0 Å². The van der Waals surface area contributed by atoms with Crippen LogP contribution in [0.25, 0.3) is 0 Å². The van der Waals surface area contributed by atoms with Gasteiger partial charge in [0.05, 0.1) is 0 Å². The average molecular weight is 276 g/mol. The molecule has 0 aliphatic carbocycles. The summed E-state index contributed by atoms with van der Waals surface area (Å²) in [6.45, 7) is 3.26. The first-order chi connectivity index (χ1) is 9.69. The summed E-state index contributed by atoms with van der Waals surface area (Å²) in [6.07, 6.45) is 11.4. The molecule has 2 saturated heterocycles. The highest BCUT2D eigenvalue weighted by atomic mass is 15.2. The molecular formula is C16H28N4. The summed E-state index contributed by atoms with van der Waals surface area (Å²) in [7, 11) is 2.29. The first-order valence-corrected chi connectivity index (χ1v) is 8.16. The lowest BCUT2D eigenvalue weighted by atomic mass is 9.84. The molecule has 20 heavy (non-hydrogen) atoms. The third-order valence-corrected chi connectivity index (χ3v) is 5.42. The van der Waals surface area contributed by atoms with Gasteiger partial charge in [0.1, 0.15) is 5.82 Å². The average Bonchev–Trinajstić information content (AvgIpc) is 2.91. The summed E-state index contributed by atoms with van der Waals surface area (Å²) >= 11 is 0. The van der Waals surface area contributed by atoms with Crippen molar-refractivity contribution in [3.63, 3.8) is 0 Å². The van der Waals surface area contributed by atoms with Gasteiger partial charge in [0.2, 0.25) is 0 Å². The molecule has 112 valence electrons. The van der Waals surface area contributed by atoms with Gasteiger partial charge in [0.15, 0.2) is 0 Å². The van der Waals surface area contributed by atoms with Gasteiger partial charge in [0, 0.05) is 43.5 Å². The van der Waals surface area contributed by atoms with E-state index in [-0.39, 0.29) is 6.04 Å². The van der Waals surface area contributed by atoms with Crippen molar-refractivity contribution in [2.45, 2.75) is 70.1 Å². The highest BCUT2D eigenvalue weighted by Crippen LogP contribution is 2.38. The van der Waals surface area contributed by atoms with Crippen molar-refractivity contribution < 1.29 is 0 Å². The molecule has 2 bridgehead atoms. The molecule has 2 aliphatic heterocycles. The number of rotatable bonds is 5. The van der Waals surface area contributed by atoms with E-state index in [1.807, 2.05) is 6.20 Å². The van der Waals surface area contributed by atoms with Gasteiger partial charge in [-0.25, -0.2) is 4.98 Å². The molecule has 2 N–H and O–H groups in total. The van der Waals surface area contributed by atoms with Crippen LogP contribution in [-0.4, -0.2) is 39.6 Å². The van der Waals surface area contributed by atoms with Crippen molar-refractivity contribution in [3.8, 4) is 0 Å². The van der Waals surface area contributed by atoms with Crippen molar-refractivity contribution in [3.05, 3.63) is 18.2 Å². The van der Waals surface area contributed by atoms with Crippen LogP contribution >= 0.6 is 0 Å². The molecule has 2 aliphatic rings. The Morgan fingerprint density at radius 2 is 2.05 bits per heavy atom. The summed E-state index contributed by atoms with van der Waals surface area (Å²) < 4.78 is 2.27. The number of nitrogens with zero attached hydrogens (tertiary/aromatic N) is 3. The predicted molar refractivity (Wildman–Crippen MR) is 81.5 cm³/mol. The van der Waals surface area contributed by atoms with Crippen LogP contribution in [0.1, 0.15) is 44.9 Å². The minimum absolute atomic E-state index is 0.268. The van der Waals surface area contributed by atoms with Crippen LogP contribution < -0.4 is 5.73 Å². The van der Waals surface area contributed by atoms with E-state index in [2.05, 4.69) is 34.6 Å². The topological polar surface area (TPSA) is 47.1 Å². The second-order valence-electron chi connectivity index (χ2n) is 6.69. The number of aryl methyl sites for hydroxylation is 1. The molecule has 1 aromatic rings. The monoisotopic (exact) mass is 276 g/mol. The van der Waals surface area contributed by atoms with Crippen LogP contribution in [0.4, 0.5) is 0 Å². The van der Waals surface area contributed by atoms with E-state index in [1.165, 1.54) is 31.5 Å². The summed E-state index contributed by atoms with van der Waals surface area (Å²) in [5, 5.41) is 0. The maximum absolute atomic E-state index is 6.53. The van der Waals surface area contributed by atoms with E-state index in [9.17, 15) is 0 Å². The first kappa shape index (κ1) is 14.1. The molecule has 2 fully saturated rings. The summed E-state index contributed by atoms with van der Waals surface area (Å²) in [6, 6.07) is 1.82. The predicted octanol–water partition coefficient (Wildman–Crippen LogP) is 2.04. The van der Waals surface area contributed by atoms with Crippen LogP contribution in [0.2, 0.25) is 0 Å². The lowest BCUT2D eigenvalue weighted by Crippen LogP contribution is -2.46. The molecule has 0 radical (unpaired) electrons. The molecule has 0 amide bonds. The molecule has 3 rings (SSSR count). The lowest BCUT2D eigenvalue weighted by molar-refractivity contribution is 0.120. The minimum atomic E-state index is 0.268. The van der Waals surface area contributed by atoms with Gasteiger partial charge < -0.3 is 15.2 Å². The number of aromatic nitrogens is 2. The Kier molecular flexibility index (Phi) is 4.13. The number of nitrogens with two attached hydrogens (primary N) is 1. The zero-order valence-corrected chi connectivity index (χ0v) is 12.8. The van der Waals surface area contributed by atoms with Crippen LogP contribution in [0.5, 0.6) is 0 Å². The molecule has 3 heterocycles. The lowest BCUT2D eigenvalue weighted by Gasteiger charge is -2.38. The van der Waals surface area contributed by atoms with Crippen molar-refractivity contribution in [1.29, 1.82) is 0 Å². The largest absolute Gasteiger partial charge is 0.335 e. The maximum atomic E-state index is 6.53. The Morgan fingerprint density at radius 3 is 2.70 bits per heavy atom. The van der Waals surface area contributed by atoms with E-state index in [0.717, 1.165) is 31.5 Å². The van der Waals surface area contributed by atoms with Gasteiger partial charge in [0.25, 0.3) is 0 Å². The van der Waals surface area contributed by atoms with E-state index >= 15 is 0 Å². The molecule has 3 atom stereocenters. The van der Waals surface area contributed by atoms with Crippen molar-refractivity contribution in [1.82, 2.24) is 14.5 Å². The first-order valence-electron chi connectivity index (χ1n) is 8.16. The van der Waals surface area contributed by atoms with Gasteiger partial charge in [-0.1, -0.05) is 6.92 Å². The quantitative estimate of drug-likeness (QED) is 0.895.